The zero-order valence-electron chi connectivity index (χ0n) is 15.6. The first kappa shape index (κ1) is 18.8. The Morgan fingerprint density at radius 3 is 2.62 bits per heavy atom. The van der Waals surface area contributed by atoms with E-state index in [9.17, 15) is 0 Å². The SMILES string of the molecule is CCNC(=NCc1nc(C)c(C)o1)NCC1(CCOC)CCCC1. The summed E-state index contributed by atoms with van der Waals surface area (Å²) in [6.45, 7) is 9.01. The molecule has 0 atom stereocenters. The van der Waals surface area contributed by atoms with Crippen molar-refractivity contribution in [2.45, 2.75) is 59.4 Å². The largest absolute Gasteiger partial charge is 0.444 e. The Hall–Kier alpha value is -1.56. The first-order valence-electron chi connectivity index (χ1n) is 9.02. The molecule has 2 rings (SSSR count). The van der Waals surface area contributed by atoms with Gasteiger partial charge in [0.05, 0.1) is 5.69 Å². The average molecular weight is 336 g/mol. The third-order valence-electron chi connectivity index (χ3n) is 4.92. The molecule has 1 heterocycles. The molecule has 0 saturated heterocycles. The highest BCUT2D eigenvalue weighted by Crippen LogP contribution is 2.40. The van der Waals surface area contributed by atoms with Crippen LogP contribution in [0.25, 0.3) is 0 Å². The number of nitrogens with zero attached hydrogens (tertiary/aromatic N) is 2. The van der Waals surface area contributed by atoms with Crippen LogP contribution in [0.3, 0.4) is 0 Å². The van der Waals surface area contributed by atoms with E-state index in [1.807, 2.05) is 13.8 Å². The Morgan fingerprint density at radius 1 is 1.29 bits per heavy atom. The number of nitrogens with one attached hydrogen (secondary N) is 2. The number of aromatic nitrogens is 1. The zero-order valence-corrected chi connectivity index (χ0v) is 15.6. The highest BCUT2D eigenvalue weighted by molar-refractivity contribution is 5.79. The summed E-state index contributed by atoms with van der Waals surface area (Å²) in [5.74, 6) is 2.36. The van der Waals surface area contributed by atoms with Crippen molar-refractivity contribution in [1.82, 2.24) is 15.6 Å². The molecule has 6 heteroatoms. The van der Waals surface area contributed by atoms with Crippen LogP contribution in [0.5, 0.6) is 0 Å². The number of oxazole rings is 1. The van der Waals surface area contributed by atoms with Gasteiger partial charge < -0.3 is 19.8 Å². The second-order valence-electron chi connectivity index (χ2n) is 6.75. The Morgan fingerprint density at radius 2 is 2.04 bits per heavy atom. The zero-order chi connectivity index (χ0) is 17.4. The molecule has 1 aromatic heterocycles. The molecular weight excluding hydrogens is 304 g/mol. The van der Waals surface area contributed by atoms with Gasteiger partial charge in [0, 0.05) is 26.8 Å². The molecule has 6 nitrogen and oxygen atoms in total. The molecule has 24 heavy (non-hydrogen) atoms. The summed E-state index contributed by atoms with van der Waals surface area (Å²) >= 11 is 0. The van der Waals surface area contributed by atoms with Gasteiger partial charge in [-0.2, -0.15) is 0 Å². The van der Waals surface area contributed by atoms with E-state index >= 15 is 0 Å². The van der Waals surface area contributed by atoms with Crippen LogP contribution in [0.4, 0.5) is 0 Å². The smallest absolute Gasteiger partial charge is 0.216 e. The lowest BCUT2D eigenvalue weighted by Crippen LogP contribution is -2.43. The molecule has 1 fully saturated rings. The van der Waals surface area contributed by atoms with Gasteiger partial charge >= 0.3 is 0 Å². The predicted molar refractivity (Wildman–Crippen MR) is 96.2 cm³/mol. The molecule has 0 spiro atoms. The van der Waals surface area contributed by atoms with Crippen LogP contribution in [0.2, 0.25) is 0 Å². The molecule has 0 aliphatic heterocycles. The molecule has 0 bridgehead atoms. The van der Waals surface area contributed by atoms with Crippen LogP contribution in [0.1, 0.15) is 56.4 Å². The van der Waals surface area contributed by atoms with Crippen molar-refractivity contribution in [3.05, 3.63) is 17.3 Å². The van der Waals surface area contributed by atoms with E-state index in [0.29, 0.717) is 17.9 Å². The van der Waals surface area contributed by atoms with E-state index in [-0.39, 0.29) is 0 Å². The molecule has 1 aromatic rings. The second-order valence-corrected chi connectivity index (χ2v) is 6.75. The monoisotopic (exact) mass is 336 g/mol. The standard InChI is InChI=1S/C18H32N4O2/c1-5-19-17(20-12-16-22-14(2)15(3)24-16)21-13-18(10-11-23-4)8-6-7-9-18/h5-13H2,1-4H3,(H2,19,20,21). The molecular formula is C18H32N4O2. The highest BCUT2D eigenvalue weighted by atomic mass is 16.5. The number of guanidine groups is 1. The number of aliphatic imine (C=N–C) groups is 1. The summed E-state index contributed by atoms with van der Waals surface area (Å²) in [6.07, 6.45) is 6.26. The minimum absolute atomic E-state index is 0.336. The van der Waals surface area contributed by atoms with Crippen molar-refractivity contribution < 1.29 is 9.15 Å². The molecule has 0 amide bonds. The van der Waals surface area contributed by atoms with Crippen molar-refractivity contribution in [2.75, 3.05) is 26.8 Å². The lowest BCUT2D eigenvalue weighted by molar-refractivity contribution is 0.138. The number of hydrogen-bond acceptors (Lipinski definition) is 4. The fourth-order valence-electron chi connectivity index (χ4n) is 3.33. The average Bonchev–Trinajstić information content (AvgIpc) is 3.16. The van der Waals surface area contributed by atoms with E-state index < -0.39 is 0 Å². The van der Waals surface area contributed by atoms with Gasteiger partial charge in [-0.05, 0) is 45.4 Å². The van der Waals surface area contributed by atoms with Crippen molar-refractivity contribution in [3.8, 4) is 0 Å². The Balaban J connectivity index is 1.95. The van der Waals surface area contributed by atoms with E-state index in [1.165, 1.54) is 25.7 Å². The van der Waals surface area contributed by atoms with Crippen LogP contribution in [-0.4, -0.2) is 37.7 Å². The first-order chi connectivity index (χ1) is 11.6. The first-order valence-corrected chi connectivity index (χ1v) is 9.02. The molecule has 2 N–H and O–H groups in total. The molecule has 1 aliphatic carbocycles. The molecule has 0 aromatic carbocycles. The van der Waals surface area contributed by atoms with E-state index in [2.05, 4.69) is 27.5 Å². The van der Waals surface area contributed by atoms with Gasteiger partial charge in [0.2, 0.25) is 5.89 Å². The van der Waals surface area contributed by atoms with Crippen molar-refractivity contribution in [1.29, 1.82) is 0 Å². The van der Waals surface area contributed by atoms with Crippen molar-refractivity contribution in [2.24, 2.45) is 10.4 Å². The fourth-order valence-corrected chi connectivity index (χ4v) is 3.33. The maximum absolute atomic E-state index is 5.60. The van der Waals surface area contributed by atoms with Crippen LogP contribution >= 0.6 is 0 Å². The van der Waals surface area contributed by atoms with Crippen LogP contribution in [0, 0.1) is 19.3 Å². The summed E-state index contributed by atoms with van der Waals surface area (Å²) in [4.78, 5) is 9.01. The number of ether oxygens (including phenoxy) is 1. The van der Waals surface area contributed by atoms with Gasteiger partial charge in [0.15, 0.2) is 5.96 Å². The van der Waals surface area contributed by atoms with Gasteiger partial charge in [-0.1, -0.05) is 12.8 Å². The number of rotatable bonds is 8. The summed E-state index contributed by atoms with van der Waals surface area (Å²) in [5.41, 5.74) is 1.27. The maximum Gasteiger partial charge on any atom is 0.216 e. The fraction of sp³-hybridized carbons (Fsp3) is 0.778. The Labute approximate surface area is 145 Å². The lowest BCUT2D eigenvalue weighted by atomic mass is 9.83. The van der Waals surface area contributed by atoms with Crippen LogP contribution in [-0.2, 0) is 11.3 Å². The van der Waals surface area contributed by atoms with Crippen molar-refractivity contribution in [3.63, 3.8) is 0 Å². The third kappa shape index (κ3) is 5.23. The summed E-state index contributed by atoms with van der Waals surface area (Å²) in [7, 11) is 1.78. The van der Waals surface area contributed by atoms with Gasteiger partial charge in [-0.25, -0.2) is 9.98 Å². The van der Waals surface area contributed by atoms with Gasteiger partial charge in [-0.3, -0.25) is 0 Å². The van der Waals surface area contributed by atoms with Gasteiger partial charge in [0.1, 0.15) is 12.3 Å². The third-order valence-corrected chi connectivity index (χ3v) is 4.92. The van der Waals surface area contributed by atoms with Crippen LogP contribution < -0.4 is 10.6 Å². The molecule has 1 aliphatic rings. The summed E-state index contributed by atoms with van der Waals surface area (Å²) < 4.78 is 10.9. The van der Waals surface area contributed by atoms with E-state index in [4.69, 9.17) is 9.15 Å². The maximum atomic E-state index is 5.60. The van der Waals surface area contributed by atoms with Crippen molar-refractivity contribution >= 4 is 5.96 Å². The summed E-state index contributed by atoms with van der Waals surface area (Å²) in [6, 6.07) is 0. The molecule has 0 unspecified atom stereocenters. The summed E-state index contributed by atoms with van der Waals surface area (Å²) in [5, 5.41) is 6.83. The number of methoxy groups -OCH3 is 1. The second kappa shape index (κ2) is 9.06. The topological polar surface area (TPSA) is 71.7 Å². The Kier molecular flexibility index (Phi) is 7.09. The molecule has 0 radical (unpaired) electrons. The normalized spacial score (nSPS) is 17.2. The highest BCUT2D eigenvalue weighted by Gasteiger charge is 2.33. The number of aryl methyl sites for hydroxylation is 2. The Bertz CT molecular complexity index is 514. The quantitative estimate of drug-likeness (QED) is 0.564. The van der Waals surface area contributed by atoms with Crippen LogP contribution in [0.15, 0.2) is 9.41 Å². The van der Waals surface area contributed by atoms with Gasteiger partial charge in [0.25, 0.3) is 0 Å². The minimum Gasteiger partial charge on any atom is -0.444 e. The lowest BCUT2D eigenvalue weighted by Gasteiger charge is -2.29. The predicted octanol–water partition coefficient (Wildman–Crippen LogP) is 2.94. The number of hydrogen-bond donors (Lipinski definition) is 2. The van der Waals surface area contributed by atoms with Gasteiger partial charge in [-0.15, -0.1) is 0 Å². The minimum atomic E-state index is 0.336. The van der Waals surface area contributed by atoms with E-state index in [0.717, 1.165) is 43.5 Å². The van der Waals surface area contributed by atoms with E-state index in [1.54, 1.807) is 7.11 Å². The molecule has 1 saturated carbocycles. The molecule has 136 valence electrons.